The molecule has 2 unspecified atom stereocenters. The molecule has 2 aliphatic rings. The first-order chi connectivity index (χ1) is 7.64. The lowest BCUT2D eigenvalue weighted by Crippen LogP contribution is -2.45. The van der Waals surface area contributed by atoms with Crippen molar-refractivity contribution in [2.75, 3.05) is 11.4 Å². The van der Waals surface area contributed by atoms with Gasteiger partial charge in [0.15, 0.2) is 0 Å². The molecule has 2 heterocycles. The van der Waals surface area contributed by atoms with Gasteiger partial charge in [0.2, 0.25) is 0 Å². The van der Waals surface area contributed by atoms with Gasteiger partial charge in [-0.2, -0.15) is 0 Å². The van der Waals surface area contributed by atoms with Gasteiger partial charge in [-0.05, 0) is 25.1 Å². The fourth-order valence-electron chi connectivity index (χ4n) is 2.23. The number of thioether (sulfide) groups is 1. The van der Waals surface area contributed by atoms with E-state index >= 15 is 0 Å². The van der Waals surface area contributed by atoms with Crippen molar-refractivity contribution in [3.05, 3.63) is 24.0 Å². The van der Waals surface area contributed by atoms with Gasteiger partial charge < -0.3 is 9.69 Å². The predicted molar refractivity (Wildman–Crippen MR) is 61.0 cm³/mol. The Morgan fingerprint density at radius 1 is 1.69 bits per heavy atom. The minimum absolute atomic E-state index is 0.0481. The van der Waals surface area contributed by atoms with Gasteiger partial charge in [0, 0.05) is 11.4 Å². The summed E-state index contributed by atoms with van der Waals surface area (Å²) in [5.74, 6) is -0.236. The third-order valence-electron chi connectivity index (χ3n) is 3.09. The van der Waals surface area contributed by atoms with E-state index in [1.54, 1.807) is 17.8 Å². The number of fused-ring (bicyclic) bond motifs is 3. The number of nitrogens with one attached hydrogen (secondary N) is 1. The van der Waals surface area contributed by atoms with E-state index in [-0.39, 0.29) is 11.3 Å². The molecule has 1 saturated heterocycles. The number of rotatable bonds is 1. The predicted octanol–water partition coefficient (Wildman–Crippen LogP) is 1.58. The van der Waals surface area contributed by atoms with Crippen molar-refractivity contribution in [2.45, 2.75) is 22.9 Å². The number of nitrogens with zero attached hydrogens (tertiary/aromatic N) is 1. The molecule has 2 aliphatic heterocycles. The summed E-state index contributed by atoms with van der Waals surface area (Å²) in [5, 5.41) is 3.26. The van der Waals surface area contributed by atoms with Crippen molar-refractivity contribution in [1.29, 1.82) is 0 Å². The molecule has 16 heavy (non-hydrogen) atoms. The van der Waals surface area contributed by atoms with Gasteiger partial charge in [-0.25, -0.2) is 4.39 Å². The van der Waals surface area contributed by atoms with Crippen LogP contribution in [0.2, 0.25) is 0 Å². The highest BCUT2D eigenvalue weighted by atomic mass is 32.2. The van der Waals surface area contributed by atoms with Crippen LogP contribution in [0.15, 0.2) is 23.1 Å². The standard InChI is InChI=1S/C11H11FN2OS/c1-11(6-15)5-13-10-14(11)8-3-2-7(12)4-9(8)16-10/h2-4,6,10,13H,5H2,1H3. The topological polar surface area (TPSA) is 32.3 Å². The molecule has 1 aromatic carbocycles. The molecule has 3 rings (SSSR count). The zero-order valence-electron chi connectivity index (χ0n) is 8.74. The van der Waals surface area contributed by atoms with Gasteiger partial charge in [0.25, 0.3) is 0 Å². The van der Waals surface area contributed by atoms with Crippen LogP contribution in [0.4, 0.5) is 10.1 Å². The average molecular weight is 238 g/mol. The summed E-state index contributed by atoms with van der Waals surface area (Å²) >= 11 is 1.55. The van der Waals surface area contributed by atoms with Gasteiger partial charge in [-0.1, -0.05) is 11.8 Å². The fourth-order valence-corrected chi connectivity index (χ4v) is 3.57. The highest BCUT2D eigenvalue weighted by Gasteiger charge is 2.47. The van der Waals surface area contributed by atoms with Crippen molar-refractivity contribution in [3.8, 4) is 0 Å². The normalized spacial score (nSPS) is 31.4. The maximum absolute atomic E-state index is 13.1. The van der Waals surface area contributed by atoms with Gasteiger partial charge in [-0.3, -0.25) is 5.32 Å². The molecule has 3 nitrogen and oxygen atoms in total. The van der Waals surface area contributed by atoms with Crippen LogP contribution in [0.1, 0.15) is 6.92 Å². The van der Waals surface area contributed by atoms with E-state index in [1.165, 1.54) is 12.1 Å². The highest BCUT2D eigenvalue weighted by molar-refractivity contribution is 8.00. The van der Waals surface area contributed by atoms with E-state index in [4.69, 9.17) is 0 Å². The molecule has 0 spiro atoms. The lowest BCUT2D eigenvalue weighted by atomic mass is 10.0. The molecular formula is C11H11FN2OS. The molecule has 0 bridgehead atoms. The average Bonchev–Trinajstić information content (AvgIpc) is 2.77. The summed E-state index contributed by atoms with van der Waals surface area (Å²) < 4.78 is 13.1. The lowest BCUT2D eigenvalue weighted by molar-refractivity contribution is -0.111. The Kier molecular flexibility index (Phi) is 2.03. The number of aldehydes is 1. The second kappa shape index (κ2) is 3.21. The number of hydrogen-bond acceptors (Lipinski definition) is 4. The van der Waals surface area contributed by atoms with Crippen molar-refractivity contribution >= 4 is 23.7 Å². The van der Waals surface area contributed by atoms with Crippen LogP contribution in [-0.4, -0.2) is 23.9 Å². The molecule has 5 heteroatoms. The van der Waals surface area contributed by atoms with E-state index in [9.17, 15) is 9.18 Å². The van der Waals surface area contributed by atoms with Crippen molar-refractivity contribution in [2.24, 2.45) is 0 Å². The number of hydrogen-bond donors (Lipinski definition) is 1. The summed E-state index contributed by atoms with van der Waals surface area (Å²) in [7, 11) is 0. The largest absolute Gasteiger partial charge is 0.332 e. The maximum atomic E-state index is 13.1. The second-order valence-corrected chi connectivity index (χ2v) is 5.43. The molecule has 0 aromatic heterocycles. The number of carbonyl (C=O) groups is 1. The van der Waals surface area contributed by atoms with E-state index in [0.717, 1.165) is 16.9 Å². The Morgan fingerprint density at radius 2 is 2.50 bits per heavy atom. The molecule has 0 amide bonds. The molecule has 0 aliphatic carbocycles. The summed E-state index contributed by atoms with van der Waals surface area (Å²) in [6.45, 7) is 2.52. The molecule has 0 saturated carbocycles. The van der Waals surface area contributed by atoms with E-state index in [0.29, 0.717) is 6.54 Å². The van der Waals surface area contributed by atoms with Crippen LogP contribution in [0, 0.1) is 5.82 Å². The van der Waals surface area contributed by atoms with Gasteiger partial charge in [0.1, 0.15) is 23.1 Å². The zero-order valence-corrected chi connectivity index (χ0v) is 9.55. The van der Waals surface area contributed by atoms with Crippen molar-refractivity contribution in [3.63, 3.8) is 0 Å². The van der Waals surface area contributed by atoms with Crippen molar-refractivity contribution in [1.82, 2.24) is 5.32 Å². The van der Waals surface area contributed by atoms with Crippen molar-refractivity contribution < 1.29 is 9.18 Å². The molecule has 84 valence electrons. The zero-order chi connectivity index (χ0) is 11.3. The summed E-state index contributed by atoms with van der Waals surface area (Å²) in [6.07, 6.45) is 0.957. The first-order valence-electron chi connectivity index (χ1n) is 5.09. The van der Waals surface area contributed by atoms with Crippen LogP contribution < -0.4 is 10.2 Å². The third kappa shape index (κ3) is 1.21. The first kappa shape index (κ1) is 10.1. The van der Waals surface area contributed by atoms with Crippen LogP contribution in [0.3, 0.4) is 0 Å². The quantitative estimate of drug-likeness (QED) is 0.753. The SMILES string of the molecule is CC1(C=O)CNC2Sc3cc(F)ccc3N21. The maximum Gasteiger partial charge on any atom is 0.146 e. The lowest BCUT2D eigenvalue weighted by Gasteiger charge is -2.30. The van der Waals surface area contributed by atoms with E-state index in [1.807, 2.05) is 11.8 Å². The number of carbonyl (C=O) groups excluding carboxylic acids is 1. The summed E-state index contributed by atoms with van der Waals surface area (Å²) in [5.41, 5.74) is 0.462. The van der Waals surface area contributed by atoms with Gasteiger partial charge in [-0.15, -0.1) is 0 Å². The molecular weight excluding hydrogens is 227 g/mol. The van der Waals surface area contributed by atoms with Gasteiger partial charge >= 0.3 is 0 Å². The fraction of sp³-hybridized carbons (Fsp3) is 0.364. The molecule has 0 radical (unpaired) electrons. The minimum atomic E-state index is -0.527. The Bertz CT molecular complexity index is 467. The molecule has 1 N–H and O–H groups in total. The highest BCUT2D eigenvalue weighted by Crippen LogP contribution is 2.47. The minimum Gasteiger partial charge on any atom is -0.332 e. The van der Waals surface area contributed by atoms with Crippen LogP contribution >= 0.6 is 11.8 Å². The number of benzene rings is 1. The Balaban J connectivity index is 2.10. The Hall–Kier alpha value is -1.07. The van der Waals surface area contributed by atoms with Crippen LogP contribution in [-0.2, 0) is 4.79 Å². The summed E-state index contributed by atoms with van der Waals surface area (Å²) in [4.78, 5) is 14.1. The van der Waals surface area contributed by atoms with Gasteiger partial charge in [0.05, 0.1) is 5.69 Å². The molecule has 1 fully saturated rings. The summed E-state index contributed by atoms with van der Waals surface area (Å²) in [6, 6.07) is 4.70. The third-order valence-corrected chi connectivity index (χ3v) is 4.27. The van der Waals surface area contributed by atoms with E-state index in [2.05, 4.69) is 5.32 Å². The number of anilines is 1. The number of halogens is 1. The Morgan fingerprint density at radius 3 is 3.25 bits per heavy atom. The monoisotopic (exact) mass is 238 g/mol. The van der Waals surface area contributed by atoms with Crippen LogP contribution in [0.5, 0.6) is 0 Å². The molecule has 2 atom stereocenters. The first-order valence-corrected chi connectivity index (χ1v) is 5.97. The molecule has 1 aromatic rings. The second-order valence-electron chi connectivity index (χ2n) is 4.31. The van der Waals surface area contributed by atoms with Crippen LogP contribution in [0.25, 0.3) is 0 Å². The van der Waals surface area contributed by atoms with E-state index < -0.39 is 5.54 Å². The Labute approximate surface area is 97.0 Å². The smallest absolute Gasteiger partial charge is 0.146 e.